The maximum atomic E-state index is 14.6. The first-order valence-electron chi connectivity index (χ1n) is 20.9. The highest BCUT2D eigenvalue weighted by Gasteiger charge is 2.45. The molecular formula is C41H56N8O13S. The van der Waals surface area contributed by atoms with Crippen LogP contribution in [0.4, 0.5) is 0 Å². The minimum atomic E-state index is -2.23. The fourth-order valence-electron chi connectivity index (χ4n) is 8.21. The smallest absolute Gasteiger partial charge is 0.243 e. The third-order valence-corrected chi connectivity index (χ3v) is 13.5. The van der Waals surface area contributed by atoms with Crippen molar-refractivity contribution in [3.05, 3.63) is 29.8 Å². The van der Waals surface area contributed by atoms with Crippen LogP contribution >= 0.6 is 0 Å². The molecule has 11 atom stereocenters. The van der Waals surface area contributed by atoms with Gasteiger partial charge in [0.05, 0.1) is 66.5 Å². The molecule has 11 N–H and O–H groups in total. The number of primary amides is 1. The Morgan fingerprint density at radius 1 is 0.889 bits per heavy atom. The molecule has 0 spiro atoms. The van der Waals surface area contributed by atoms with Gasteiger partial charge in [0.2, 0.25) is 41.4 Å². The van der Waals surface area contributed by atoms with Crippen molar-refractivity contribution < 1.29 is 62.7 Å². The summed E-state index contributed by atoms with van der Waals surface area (Å²) < 4.78 is 14.6. The summed E-state index contributed by atoms with van der Waals surface area (Å²) in [4.78, 5) is 128. The Labute approximate surface area is 364 Å². The van der Waals surface area contributed by atoms with E-state index in [2.05, 4.69) is 31.6 Å². The Hall–Kier alpha value is -5.58. The Kier molecular flexibility index (Phi) is 16.3. The molecule has 0 aliphatic carbocycles. The van der Waals surface area contributed by atoms with Gasteiger partial charge in [0.15, 0.2) is 11.6 Å². The van der Waals surface area contributed by atoms with Crippen LogP contribution in [0, 0.1) is 23.7 Å². The summed E-state index contributed by atoms with van der Waals surface area (Å²) in [6.07, 6.45) is -5.28. The number of aliphatic hydroxyl groups is 3. The van der Waals surface area contributed by atoms with Crippen molar-refractivity contribution in [2.75, 3.05) is 32.0 Å². The molecule has 3 aliphatic heterocycles. The maximum absolute atomic E-state index is 14.6. The number of aromatic amines is 1. The molecule has 4 heterocycles. The molecule has 0 saturated carbocycles. The van der Waals surface area contributed by atoms with Crippen molar-refractivity contribution in [1.82, 2.24) is 36.5 Å². The number of para-hydroxylation sites is 1. The second-order valence-corrected chi connectivity index (χ2v) is 18.0. The Balaban J connectivity index is 1.72. The number of carbonyl (C=O) groups is 9. The number of nitrogens with one attached hydrogen (secondary N) is 6. The molecule has 1 unspecified atom stereocenters. The standard InChI is InChI=1S/C41H56N8O13S/c1-4-19(2)35-39(60)44-14-33(56)45-27-18-63(62)40-25(24-7-5-6-8-26(24)46-40)9-21(37(58)43-15-34(57)47-35)10-30(53)36(20(3)31(54)17-50)48-38(59)28-13-23(51)16-49(28)41(61)22(11-29(27)52)12-32(42)55/h5-8,19-23,27-28,31,35-36,46,50-51,54H,4,9-18H2,1-3H3,(H2,42,55)(H,43,58)(H,44,60)(H,45,56)(H,47,57)(H,48,59)/t19-,20-,21+,22-,23+,27-,28-,31-,35-,36-,63?/m0/s1. The molecule has 5 rings (SSSR count). The average molecular weight is 901 g/mol. The Bertz CT molecular complexity index is 2150. The van der Waals surface area contributed by atoms with Gasteiger partial charge < -0.3 is 57.5 Å². The molecular weight excluding hydrogens is 845 g/mol. The first-order chi connectivity index (χ1) is 29.8. The minimum absolute atomic E-state index is 0.00533. The molecule has 0 radical (unpaired) electrons. The number of aromatic nitrogens is 1. The van der Waals surface area contributed by atoms with Crippen molar-refractivity contribution in [2.45, 2.75) is 101 Å². The van der Waals surface area contributed by atoms with Gasteiger partial charge in [0, 0.05) is 55.0 Å². The number of rotatable bonds is 7. The second kappa shape index (κ2) is 21.2. The number of amides is 7. The van der Waals surface area contributed by atoms with Gasteiger partial charge in [-0.1, -0.05) is 45.4 Å². The zero-order chi connectivity index (χ0) is 46.3. The van der Waals surface area contributed by atoms with Crippen LogP contribution in [0.25, 0.3) is 10.9 Å². The molecule has 63 heavy (non-hydrogen) atoms. The first kappa shape index (κ1) is 48.5. The van der Waals surface area contributed by atoms with E-state index >= 15 is 0 Å². The van der Waals surface area contributed by atoms with E-state index in [1.165, 1.54) is 6.92 Å². The van der Waals surface area contributed by atoms with Crippen LogP contribution < -0.4 is 32.3 Å². The summed E-state index contributed by atoms with van der Waals surface area (Å²) in [5.41, 5.74) is 6.25. The van der Waals surface area contributed by atoms with E-state index in [0.29, 0.717) is 17.3 Å². The number of aliphatic hydroxyl groups excluding tert-OH is 3. The predicted octanol–water partition coefficient (Wildman–Crippen LogP) is -3.44. The third kappa shape index (κ3) is 11.7. The number of hydrogen-bond acceptors (Lipinski definition) is 13. The van der Waals surface area contributed by atoms with Gasteiger partial charge in [0.25, 0.3) is 0 Å². The lowest BCUT2D eigenvalue weighted by molar-refractivity contribution is -0.145. The van der Waals surface area contributed by atoms with E-state index in [1.54, 1.807) is 38.1 Å². The van der Waals surface area contributed by atoms with Gasteiger partial charge in [-0.3, -0.25) is 47.4 Å². The number of ketones is 2. The molecule has 7 amide bonds. The van der Waals surface area contributed by atoms with Crippen LogP contribution in [0.5, 0.6) is 0 Å². The van der Waals surface area contributed by atoms with Gasteiger partial charge in [-0.2, -0.15) is 0 Å². The molecule has 344 valence electrons. The summed E-state index contributed by atoms with van der Waals surface area (Å²) >= 11 is 0. The number of nitrogens with zero attached hydrogens (tertiary/aromatic N) is 1. The van der Waals surface area contributed by atoms with Gasteiger partial charge >= 0.3 is 0 Å². The van der Waals surface area contributed by atoms with Crippen LogP contribution in [-0.2, 0) is 60.4 Å². The van der Waals surface area contributed by atoms with Crippen LogP contribution in [0.15, 0.2) is 29.3 Å². The van der Waals surface area contributed by atoms with Gasteiger partial charge in [-0.25, -0.2) is 0 Å². The third-order valence-electron chi connectivity index (χ3n) is 12.0. The zero-order valence-electron chi connectivity index (χ0n) is 35.2. The van der Waals surface area contributed by atoms with E-state index in [0.717, 1.165) is 4.90 Å². The van der Waals surface area contributed by atoms with E-state index in [4.69, 9.17) is 5.73 Å². The number of benzene rings is 1. The number of H-pyrrole nitrogens is 1. The molecule has 2 bridgehead atoms. The van der Waals surface area contributed by atoms with Crippen molar-refractivity contribution in [2.24, 2.45) is 29.4 Å². The van der Waals surface area contributed by atoms with E-state index < -0.39 is 175 Å². The first-order valence-corrected chi connectivity index (χ1v) is 22.2. The summed E-state index contributed by atoms with van der Waals surface area (Å²) in [7, 11) is -2.23. The summed E-state index contributed by atoms with van der Waals surface area (Å²) in [5, 5.41) is 44.4. The normalized spacial score (nSPS) is 29.0. The fourth-order valence-corrected chi connectivity index (χ4v) is 9.65. The topological polar surface area (TPSA) is 337 Å². The van der Waals surface area contributed by atoms with Crippen LogP contribution in [-0.4, -0.2) is 151 Å². The van der Waals surface area contributed by atoms with E-state index in [1.807, 2.05) is 0 Å². The average Bonchev–Trinajstić information content (AvgIpc) is 3.83. The molecule has 3 aliphatic rings. The molecule has 22 heteroatoms. The highest BCUT2D eigenvalue weighted by Crippen LogP contribution is 2.31. The molecule has 21 nitrogen and oxygen atoms in total. The second-order valence-electron chi connectivity index (χ2n) is 16.6. The highest BCUT2D eigenvalue weighted by molar-refractivity contribution is 7.85. The number of hydrogen-bond donors (Lipinski definition) is 10. The number of Topliss-reactive ketones (excluding diaryl/α,β-unsaturated/α-hetero) is 2. The van der Waals surface area contributed by atoms with Crippen LogP contribution in [0.2, 0.25) is 0 Å². The number of fused-ring (bicyclic) bond motifs is 5. The lowest BCUT2D eigenvalue weighted by atomic mass is 9.85. The van der Waals surface area contributed by atoms with Crippen LogP contribution in [0.1, 0.15) is 58.4 Å². The van der Waals surface area contributed by atoms with Gasteiger partial charge in [-0.05, 0) is 24.0 Å². The predicted molar refractivity (Wildman–Crippen MR) is 223 cm³/mol. The largest absolute Gasteiger partial charge is 0.394 e. The Morgan fingerprint density at radius 2 is 1.56 bits per heavy atom. The molecule has 2 aromatic rings. The van der Waals surface area contributed by atoms with Crippen molar-refractivity contribution in [3.63, 3.8) is 0 Å². The number of carbonyl (C=O) groups excluding carboxylic acids is 9. The number of nitrogens with two attached hydrogens (primary N) is 1. The van der Waals surface area contributed by atoms with Gasteiger partial charge in [-0.15, -0.1) is 0 Å². The maximum Gasteiger partial charge on any atom is 0.243 e. The highest BCUT2D eigenvalue weighted by atomic mass is 32.2. The van der Waals surface area contributed by atoms with Crippen LogP contribution in [0.3, 0.4) is 0 Å². The molecule has 1 fully saturated rings. The zero-order valence-corrected chi connectivity index (χ0v) is 36.0. The van der Waals surface area contributed by atoms with Crippen molar-refractivity contribution in [3.8, 4) is 0 Å². The lowest BCUT2D eigenvalue weighted by Crippen LogP contribution is -2.56. The quantitative estimate of drug-likeness (QED) is 0.130. The molecule has 1 aromatic heterocycles. The SMILES string of the molecule is CC[C@H](C)[C@@H]1NC(=O)CNC(=O)[C@H]2CC(=O)[C@H]([C@@H](C)[C@@H](O)CO)NC(=O)[C@@H]3C[C@@H](O)CN3C(=O)[C@H](CC(N)=O)CC(=O)[C@H](CS(=O)c3[nH]c4ccccc4c3C2)NC(=O)CNC1=O. The summed E-state index contributed by atoms with van der Waals surface area (Å²) in [5.74, 6) is -13.2. The van der Waals surface area contributed by atoms with Crippen molar-refractivity contribution in [1.29, 1.82) is 0 Å². The van der Waals surface area contributed by atoms with Crippen molar-refractivity contribution >= 4 is 74.6 Å². The van der Waals surface area contributed by atoms with E-state index in [-0.39, 0.29) is 23.4 Å². The minimum Gasteiger partial charge on any atom is -0.394 e. The Morgan fingerprint density at radius 3 is 2.22 bits per heavy atom. The fraction of sp³-hybridized carbons (Fsp3) is 0.585. The molecule has 1 aromatic carbocycles. The summed E-state index contributed by atoms with van der Waals surface area (Å²) in [6, 6.07) is 0.753. The lowest BCUT2D eigenvalue weighted by Gasteiger charge is -2.32. The monoisotopic (exact) mass is 900 g/mol. The van der Waals surface area contributed by atoms with E-state index in [9.17, 15) is 62.7 Å². The molecule has 1 saturated heterocycles. The van der Waals surface area contributed by atoms with Gasteiger partial charge in [0.1, 0.15) is 17.1 Å². The summed E-state index contributed by atoms with van der Waals surface area (Å²) in [6.45, 7) is 2.16.